The van der Waals surface area contributed by atoms with Gasteiger partial charge in [0.1, 0.15) is 5.52 Å². The lowest BCUT2D eigenvalue weighted by molar-refractivity contribution is 1.34. The summed E-state index contributed by atoms with van der Waals surface area (Å²) in [5.41, 5.74) is 1.83. The topological polar surface area (TPSA) is 28.7 Å². The summed E-state index contributed by atoms with van der Waals surface area (Å²) in [6, 6.07) is 3.96. The molecule has 0 saturated heterocycles. The number of fused-ring (bicyclic) bond motifs is 1. The van der Waals surface area contributed by atoms with Crippen molar-refractivity contribution in [2.24, 2.45) is 0 Å². The zero-order chi connectivity index (χ0) is 8.72. The van der Waals surface area contributed by atoms with Crippen LogP contribution in [0.2, 0.25) is 5.28 Å². The highest BCUT2D eigenvalue weighted by Crippen LogP contribution is 2.27. The molecule has 5 heteroatoms. The first-order chi connectivity index (χ1) is 5.68. The van der Waals surface area contributed by atoms with Gasteiger partial charge in [-0.15, -0.1) is 0 Å². The molecule has 0 unspecified atom stereocenters. The molecule has 1 aromatic heterocycles. The summed E-state index contributed by atoms with van der Waals surface area (Å²) in [6.07, 6.45) is 0. The molecule has 0 saturated carbocycles. The Morgan fingerprint density at radius 2 is 2.25 bits per heavy atom. The molecule has 0 bridgehead atoms. The molecule has 62 valence electrons. The summed E-state index contributed by atoms with van der Waals surface area (Å²) in [5, 5.41) is 0.424. The molecule has 0 aliphatic rings. The maximum absolute atomic E-state index is 5.72. The van der Waals surface area contributed by atoms with Crippen molar-refractivity contribution >= 4 is 61.2 Å². The SMILES string of the molecule is Clc1nc2c(Br)c(I)ccc2[nH]1. The van der Waals surface area contributed by atoms with Gasteiger partial charge in [-0.25, -0.2) is 4.98 Å². The zero-order valence-corrected chi connectivity index (χ0v) is 10.2. The van der Waals surface area contributed by atoms with E-state index in [1.165, 1.54) is 0 Å². The third kappa shape index (κ3) is 1.36. The van der Waals surface area contributed by atoms with Crippen LogP contribution >= 0.6 is 50.1 Å². The Hall–Kier alpha value is 0.190. The van der Waals surface area contributed by atoms with Gasteiger partial charge in [0, 0.05) is 3.57 Å². The minimum absolute atomic E-state index is 0.424. The van der Waals surface area contributed by atoms with Crippen LogP contribution in [0, 0.1) is 3.57 Å². The number of nitrogens with one attached hydrogen (secondary N) is 1. The van der Waals surface area contributed by atoms with Crippen LogP contribution in [0.25, 0.3) is 11.0 Å². The summed E-state index contributed by atoms with van der Waals surface area (Å²) < 4.78 is 2.12. The van der Waals surface area contributed by atoms with Crippen LogP contribution in [0.3, 0.4) is 0 Å². The molecular formula is C7H3BrClIN2. The molecule has 2 nitrogen and oxygen atoms in total. The van der Waals surface area contributed by atoms with Crippen LogP contribution in [0.5, 0.6) is 0 Å². The van der Waals surface area contributed by atoms with Crippen molar-refractivity contribution in [3.05, 3.63) is 25.5 Å². The number of aromatic amines is 1. The molecule has 2 rings (SSSR count). The molecule has 1 N–H and O–H groups in total. The van der Waals surface area contributed by atoms with E-state index in [0.717, 1.165) is 19.1 Å². The fourth-order valence-electron chi connectivity index (χ4n) is 0.987. The van der Waals surface area contributed by atoms with E-state index in [0.29, 0.717) is 5.28 Å². The first-order valence-corrected chi connectivity index (χ1v) is 5.42. The second kappa shape index (κ2) is 3.16. The van der Waals surface area contributed by atoms with Crippen molar-refractivity contribution in [2.75, 3.05) is 0 Å². The number of hydrogen-bond acceptors (Lipinski definition) is 1. The van der Waals surface area contributed by atoms with Gasteiger partial charge in [-0.2, -0.15) is 0 Å². The molecule has 12 heavy (non-hydrogen) atoms. The second-order valence-electron chi connectivity index (χ2n) is 2.29. The van der Waals surface area contributed by atoms with Crippen LogP contribution in [-0.2, 0) is 0 Å². The van der Waals surface area contributed by atoms with Crippen LogP contribution in [0.15, 0.2) is 16.6 Å². The van der Waals surface area contributed by atoms with E-state index in [2.05, 4.69) is 48.5 Å². The maximum Gasteiger partial charge on any atom is 0.201 e. The Kier molecular flexibility index (Phi) is 2.31. The van der Waals surface area contributed by atoms with Gasteiger partial charge in [0.2, 0.25) is 5.28 Å². The lowest BCUT2D eigenvalue weighted by Crippen LogP contribution is -1.76. The summed E-state index contributed by atoms with van der Waals surface area (Å²) in [5.74, 6) is 0. The van der Waals surface area contributed by atoms with Gasteiger partial charge in [0.05, 0.1) is 9.99 Å². The normalized spacial score (nSPS) is 10.9. The van der Waals surface area contributed by atoms with E-state index in [1.807, 2.05) is 12.1 Å². The molecule has 0 aliphatic heterocycles. The Morgan fingerprint density at radius 1 is 1.50 bits per heavy atom. The zero-order valence-electron chi connectivity index (χ0n) is 5.74. The van der Waals surface area contributed by atoms with E-state index in [-0.39, 0.29) is 0 Å². The van der Waals surface area contributed by atoms with E-state index in [1.54, 1.807) is 0 Å². The molecular weight excluding hydrogens is 354 g/mol. The Morgan fingerprint density at radius 3 is 3.00 bits per heavy atom. The fourth-order valence-corrected chi connectivity index (χ4v) is 2.04. The lowest BCUT2D eigenvalue weighted by atomic mass is 10.3. The van der Waals surface area contributed by atoms with Crippen molar-refractivity contribution in [3.63, 3.8) is 0 Å². The minimum atomic E-state index is 0.424. The third-order valence-corrected chi connectivity index (χ3v) is 4.14. The predicted octanol–water partition coefficient (Wildman–Crippen LogP) is 3.58. The van der Waals surface area contributed by atoms with Crippen LogP contribution in [-0.4, -0.2) is 9.97 Å². The molecule has 2 aromatic rings. The maximum atomic E-state index is 5.72. The van der Waals surface area contributed by atoms with Crippen LogP contribution < -0.4 is 0 Å². The number of H-pyrrole nitrogens is 1. The van der Waals surface area contributed by atoms with Gasteiger partial charge < -0.3 is 4.98 Å². The first-order valence-electron chi connectivity index (χ1n) is 3.17. The third-order valence-electron chi connectivity index (χ3n) is 1.52. The van der Waals surface area contributed by atoms with Crippen LogP contribution in [0.4, 0.5) is 0 Å². The van der Waals surface area contributed by atoms with Gasteiger partial charge in [-0.3, -0.25) is 0 Å². The Bertz CT molecular complexity index is 440. The standard InChI is InChI=1S/C7H3BrClIN2/c8-5-3(10)1-2-4-6(5)12-7(9)11-4/h1-2H,(H,11,12). The number of imidazole rings is 1. The average molecular weight is 357 g/mol. The smallest absolute Gasteiger partial charge is 0.201 e. The largest absolute Gasteiger partial charge is 0.329 e. The fraction of sp³-hybridized carbons (Fsp3) is 0. The quantitative estimate of drug-likeness (QED) is 0.718. The number of hydrogen-bond donors (Lipinski definition) is 1. The van der Waals surface area contributed by atoms with Crippen molar-refractivity contribution in [2.45, 2.75) is 0 Å². The summed E-state index contributed by atoms with van der Waals surface area (Å²) in [6.45, 7) is 0. The highest BCUT2D eigenvalue weighted by Gasteiger charge is 2.06. The van der Waals surface area contributed by atoms with Crippen molar-refractivity contribution in [1.29, 1.82) is 0 Å². The Labute approximate surface area is 96.0 Å². The summed E-state index contributed by atoms with van der Waals surface area (Å²) in [4.78, 5) is 7.08. The minimum Gasteiger partial charge on any atom is -0.329 e. The molecule has 1 heterocycles. The summed E-state index contributed by atoms with van der Waals surface area (Å²) in [7, 11) is 0. The molecule has 0 fully saturated rings. The van der Waals surface area contributed by atoms with Crippen molar-refractivity contribution < 1.29 is 0 Å². The van der Waals surface area contributed by atoms with Crippen molar-refractivity contribution in [3.8, 4) is 0 Å². The van der Waals surface area contributed by atoms with Crippen molar-refractivity contribution in [1.82, 2.24) is 9.97 Å². The molecule has 0 amide bonds. The number of benzene rings is 1. The molecule has 1 aromatic carbocycles. The number of aromatic nitrogens is 2. The van der Waals surface area contributed by atoms with Gasteiger partial charge in [-0.05, 0) is 62.3 Å². The number of halogens is 3. The Balaban J connectivity index is 2.89. The van der Waals surface area contributed by atoms with Gasteiger partial charge in [-0.1, -0.05) is 0 Å². The lowest BCUT2D eigenvalue weighted by Gasteiger charge is -1.94. The van der Waals surface area contributed by atoms with Gasteiger partial charge in [0.25, 0.3) is 0 Å². The molecule has 0 aliphatic carbocycles. The highest BCUT2D eigenvalue weighted by atomic mass is 127. The highest BCUT2D eigenvalue weighted by molar-refractivity contribution is 14.1. The monoisotopic (exact) mass is 356 g/mol. The number of rotatable bonds is 0. The second-order valence-corrected chi connectivity index (χ2v) is 4.60. The van der Waals surface area contributed by atoms with Gasteiger partial charge in [0.15, 0.2) is 0 Å². The molecule has 0 spiro atoms. The summed E-state index contributed by atoms with van der Waals surface area (Å²) >= 11 is 11.4. The van der Waals surface area contributed by atoms with E-state index >= 15 is 0 Å². The van der Waals surface area contributed by atoms with E-state index in [9.17, 15) is 0 Å². The first kappa shape index (κ1) is 8.77. The van der Waals surface area contributed by atoms with E-state index < -0.39 is 0 Å². The van der Waals surface area contributed by atoms with Crippen LogP contribution in [0.1, 0.15) is 0 Å². The molecule has 0 radical (unpaired) electrons. The number of nitrogens with zero attached hydrogens (tertiary/aromatic N) is 1. The van der Waals surface area contributed by atoms with E-state index in [4.69, 9.17) is 11.6 Å². The molecule has 0 atom stereocenters. The predicted molar refractivity (Wildman–Crippen MR) is 61.5 cm³/mol. The average Bonchev–Trinajstić information content (AvgIpc) is 2.39. The van der Waals surface area contributed by atoms with Gasteiger partial charge >= 0.3 is 0 Å².